The molecular formula is C27H36N2O6. The first-order valence-electron chi connectivity index (χ1n) is 12.5. The molecule has 190 valence electrons. The molecule has 3 aliphatic heterocycles. The molecule has 2 bridgehead atoms. The van der Waals surface area contributed by atoms with Crippen LogP contribution in [0.25, 0.3) is 0 Å². The Morgan fingerprint density at radius 1 is 1.34 bits per heavy atom. The number of carboxylic acids is 1. The maximum absolute atomic E-state index is 14.2. The Morgan fingerprint density at radius 3 is 2.60 bits per heavy atom. The second-order valence-electron chi connectivity index (χ2n) is 10.3. The molecule has 1 aromatic carbocycles. The van der Waals surface area contributed by atoms with Crippen molar-refractivity contribution < 1.29 is 29.3 Å². The highest BCUT2D eigenvalue weighted by Gasteiger charge is 2.80. The highest BCUT2D eigenvalue weighted by molar-refractivity contribution is 5.98. The second-order valence-corrected chi connectivity index (χ2v) is 10.3. The molecule has 3 aliphatic rings. The van der Waals surface area contributed by atoms with E-state index in [2.05, 4.69) is 6.58 Å². The van der Waals surface area contributed by atoms with Crippen molar-refractivity contribution in [2.45, 2.75) is 63.3 Å². The fourth-order valence-corrected chi connectivity index (χ4v) is 6.67. The maximum atomic E-state index is 14.2. The number of unbranched alkanes of at least 4 members (excludes halogenated alkanes) is 1. The number of carbonyl (C=O) groups excluding carboxylic acids is 2. The summed E-state index contributed by atoms with van der Waals surface area (Å²) >= 11 is 0. The van der Waals surface area contributed by atoms with Crippen molar-refractivity contribution in [3.05, 3.63) is 48.6 Å². The van der Waals surface area contributed by atoms with Crippen LogP contribution in [0.15, 0.2) is 43.0 Å². The van der Waals surface area contributed by atoms with Crippen LogP contribution in [0.1, 0.15) is 51.6 Å². The Morgan fingerprint density at radius 2 is 2.03 bits per heavy atom. The number of hydrogen-bond donors (Lipinski definition) is 2. The molecule has 8 nitrogen and oxygen atoms in total. The SMILES string of the molecule is C=CCN(CCCC)C(=O)C1N([C@H](CO)c2ccccc2)C(=O)[C@@H]2[C@@H](C(=O)O)[C@]3(C)OC12CC3C. The van der Waals surface area contributed by atoms with Crippen molar-refractivity contribution in [2.24, 2.45) is 17.8 Å². The second kappa shape index (κ2) is 9.39. The summed E-state index contributed by atoms with van der Waals surface area (Å²) in [7, 11) is 0. The third kappa shape index (κ3) is 3.69. The van der Waals surface area contributed by atoms with E-state index in [0.29, 0.717) is 25.1 Å². The standard InChI is InChI=1S/C27H36N2O6/c1-5-7-14-28(13-6-2)24(32)22-27-15-17(3)26(4,35-27)21(25(33)34)20(27)23(31)29(22)19(16-30)18-11-9-8-10-12-18/h6,8-12,17,19-22,30H,2,5,7,13-16H2,1,3-4H3,(H,33,34)/t17?,19-,20+,21+,22?,26-,27?/m1/s1. The topological polar surface area (TPSA) is 107 Å². The normalized spacial score (nSPS) is 34.1. The molecule has 0 aromatic heterocycles. The zero-order valence-electron chi connectivity index (χ0n) is 20.7. The van der Waals surface area contributed by atoms with Gasteiger partial charge in [-0.05, 0) is 31.2 Å². The van der Waals surface area contributed by atoms with Gasteiger partial charge in [0.05, 0.1) is 24.2 Å². The van der Waals surface area contributed by atoms with Crippen molar-refractivity contribution in [3.8, 4) is 0 Å². The molecule has 0 saturated carbocycles. The Kier molecular flexibility index (Phi) is 6.81. The fourth-order valence-electron chi connectivity index (χ4n) is 6.67. The minimum absolute atomic E-state index is 0.157. The Labute approximate surface area is 206 Å². The number of fused-ring (bicyclic) bond motifs is 1. The Balaban J connectivity index is 1.87. The van der Waals surface area contributed by atoms with Gasteiger partial charge < -0.3 is 24.7 Å². The van der Waals surface area contributed by atoms with Gasteiger partial charge in [0.25, 0.3) is 0 Å². The number of ether oxygens (including phenoxy) is 1. The van der Waals surface area contributed by atoms with Crippen LogP contribution in [0.4, 0.5) is 0 Å². The highest BCUT2D eigenvalue weighted by Crippen LogP contribution is 2.66. The van der Waals surface area contributed by atoms with E-state index >= 15 is 0 Å². The quantitative estimate of drug-likeness (QED) is 0.495. The van der Waals surface area contributed by atoms with Crippen LogP contribution in [-0.2, 0) is 19.1 Å². The van der Waals surface area contributed by atoms with E-state index in [1.54, 1.807) is 30.0 Å². The van der Waals surface area contributed by atoms with Crippen LogP contribution in [-0.4, -0.2) is 74.7 Å². The Bertz CT molecular complexity index is 999. The minimum atomic E-state index is -1.26. The molecule has 3 fully saturated rings. The number of aliphatic carboxylic acids is 1. The first kappa shape index (κ1) is 25.4. The molecule has 1 spiro atoms. The first-order chi connectivity index (χ1) is 16.7. The van der Waals surface area contributed by atoms with Crippen molar-refractivity contribution in [1.29, 1.82) is 0 Å². The molecule has 0 aliphatic carbocycles. The molecule has 7 atom stereocenters. The number of carbonyl (C=O) groups is 3. The molecule has 3 heterocycles. The molecule has 2 amide bonds. The number of amides is 2. The zero-order valence-corrected chi connectivity index (χ0v) is 20.7. The molecular weight excluding hydrogens is 448 g/mol. The van der Waals surface area contributed by atoms with E-state index in [-0.39, 0.29) is 11.8 Å². The van der Waals surface area contributed by atoms with Gasteiger partial charge >= 0.3 is 5.97 Å². The lowest BCUT2D eigenvalue weighted by atomic mass is 9.62. The highest BCUT2D eigenvalue weighted by atomic mass is 16.5. The Hall–Kier alpha value is -2.71. The summed E-state index contributed by atoms with van der Waals surface area (Å²) in [6, 6.07) is 7.23. The van der Waals surface area contributed by atoms with Gasteiger partial charge in [-0.3, -0.25) is 14.4 Å². The smallest absolute Gasteiger partial charge is 0.310 e. The number of hydrogen-bond acceptors (Lipinski definition) is 5. The van der Waals surface area contributed by atoms with Crippen LogP contribution in [0.2, 0.25) is 0 Å². The lowest BCUT2D eigenvalue weighted by Gasteiger charge is -2.39. The number of benzene rings is 1. The number of rotatable bonds is 10. The molecule has 4 rings (SSSR count). The molecule has 2 N–H and O–H groups in total. The van der Waals surface area contributed by atoms with Crippen molar-refractivity contribution in [2.75, 3.05) is 19.7 Å². The summed E-state index contributed by atoms with van der Waals surface area (Å²) in [5, 5.41) is 20.7. The van der Waals surface area contributed by atoms with Gasteiger partial charge in [0.15, 0.2) is 0 Å². The van der Waals surface area contributed by atoms with Crippen molar-refractivity contribution in [1.82, 2.24) is 9.80 Å². The predicted octanol–water partition coefficient (Wildman–Crippen LogP) is 2.63. The molecule has 35 heavy (non-hydrogen) atoms. The van der Waals surface area contributed by atoms with Gasteiger partial charge in [-0.15, -0.1) is 6.58 Å². The fraction of sp³-hybridized carbons (Fsp3) is 0.593. The van der Waals surface area contributed by atoms with Crippen molar-refractivity contribution >= 4 is 17.8 Å². The lowest BCUT2D eigenvalue weighted by Crippen LogP contribution is -2.57. The van der Waals surface area contributed by atoms with Gasteiger partial charge in [0, 0.05) is 13.1 Å². The average Bonchev–Trinajstić information content (AvgIpc) is 3.35. The van der Waals surface area contributed by atoms with Gasteiger partial charge in [0.2, 0.25) is 11.8 Å². The van der Waals surface area contributed by atoms with Crippen LogP contribution in [0.5, 0.6) is 0 Å². The summed E-state index contributed by atoms with van der Waals surface area (Å²) < 4.78 is 6.56. The molecule has 1 aromatic rings. The molecule has 8 heteroatoms. The summed E-state index contributed by atoms with van der Waals surface area (Å²) in [6.07, 6.45) is 3.73. The third-order valence-corrected chi connectivity index (χ3v) is 8.39. The third-order valence-electron chi connectivity index (χ3n) is 8.39. The number of aliphatic hydroxyl groups is 1. The number of aliphatic hydroxyl groups excluding tert-OH is 1. The summed E-state index contributed by atoms with van der Waals surface area (Å²) in [5.74, 6) is -4.05. The first-order valence-corrected chi connectivity index (χ1v) is 12.5. The monoisotopic (exact) mass is 484 g/mol. The van der Waals surface area contributed by atoms with Gasteiger partial charge in [-0.1, -0.05) is 56.7 Å². The van der Waals surface area contributed by atoms with E-state index < -0.39 is 53.6 Å². The summed E-state index contributed by atoms with van der Waals surface area (Å²) in [4.78, 5) is 43.9. The van der Waals surface area contributed by atoms with E-state index in [1.807, 2.05) is 32.0 Å². The minimum Gasteiger partial charge on any atom is -0.481 e. The van der Waals surface area contributed by atoms with Crippen LogP contribution in [0.3, 0.4) is 0 Å². The van der Waals surface area contributed by atoms with Gasteiger partial charge in [-0.25, -0.2) is 0 Å². The largest absolute Gasteiger partial charge is 0.481 e. The van der Waals surface area contributed by atoms with E-state index in [0.717, 1.165) is 12.8 Å². The van der Waals surface area contributed by atoms with Crippen molar-refractivity contribution in [3.63, 3.8) is 0 Å². The van der Waals surface area contributed by atoms with E-state index in [1.165, 1.54) is 4.90 Å². The zero-order chi connectivity index (χ0) is 25.5. The van der Waals surface area contributed by atoms with Gasteiger partial charge in [0.1, 0.15) is 17.6 Å². The summed E-state index contributed by atoms with van der Waals surface area (Å²) in [5.41, 5.74) is -1.63. The van der Waals surface area contributed by atoms with Crippen LogP contribution < -0.4 is 0 Å². The molecule has 3 saturated heterocycles. The lowest BCUT2D eigenvalue weighted by molar-refractivity contribution is -0.160. The van der Waals surface area contributed by atoms with E-state index in [9.17, 15) is 24.6 Å². The number of likely N-dealkylation sites (tertiary alicyclic amines) is 1. The van der Waals surface area contributed by atoms with Crippen LogP contribution in [0, 0.1) is 17.8 Å². The summed E-state index contributed by atoms with van der Waals surface area (Å²) in [6.45, 7) is 9.91. The number of carboxylic acid groups (broad SMARTS) is 1. The van der Waals surface area contributed by atoms with Gasteiger partial charge in [-0.2, -0.15) is 0 Å². The maximum Gasteiger partial charge on any atom is 0.310 e. The number of nitrogens with zero attached hydrogens (tertiary/aromatic N) is 2. The predicted molar refractivity (Wildman–Crippen MR) is 129 cm³/mol. The molecule has 3 unspecified atom stereocenters. The average molecular weight is 485 g/mol. The molecule has 0 radical (unpaired) electrons. The van der Waals surface area contributed by atoms with Crippen LogP contribution >= 0.6 is 0 Å². The van der Waals surface area contributed by atoms with E-state index in [4.69, 9.17) is 4.74 Å².